The maximum absolute atomic E-state index is 11.2. The first-order valence-corrected chi connectivity index (χ1v) is 7.60. The fourth-order valence-corrected chi connectivity index (χ4v) is 3.06. The number of benzene rings is 1. The van der Waals surface area contributed by atoms with E-state index in [0.717, 1.165) is 24.7 Å². The first-order valence-electron chi connectivity index (χ1n) is 7.60. The number of rotatable bonds is 5. The van der Waals surface area contributed by atoms with Crippen LogP contribution in [0.25, 0.3) is 0 Å². The van der Waals surface area contributed by atoms with Gasteiger partial charge in [0.1, 0.15) is 11.4 Å². The van der Waals surface area contributed by atoms with Gasteiger partial charge in [0.05, 0.1) is 18.1 Å². The van der Waals surface area contributed by atoms with Gasteiger partial charge >= 0.3 is 0 Å². The van der Waals surface area contributed by atoms with Crippen LogP contribution < -0.4 is 10.1 Å². The van der Waals surface area contributed by atoms with E-state index in [9.17, 15) is 10.1 Å². The lowest BCUT2D eigenvalue weighted by Gasteiger charge is -2.31. The Labute approximate surface area is 125 Å². The fraction of sp³-hybridized carbons (Fsp3) is 0.625. The monoisotopic (exact) mass is 292 g/mol. The molecule has 0 aliphatic heterocycles. The van der Waals surface area contributed by atoms with Crippen LogP contribution in [-0.2, 0) is 0 Å². The highest BCUT2D eigenvalue weighted by atomic mass is 16.6. The van der Waals surface area contributed by atoms with E-state index in [-0.39, 0.29) is 10.6 Å². The van der Waals surface area contributed by atoms with Gasteiger partial charge in [-0.05, 0) is 49.7 Å². The largest absolute Gasteiger partial charge is 0.496 e. The highest BCUT2D eigenvalue weighted by molar-refractivity contribution is 5.64. The number of ether oxygens (including phenoxy) is 1. The summed E-state index contributed by atoms with van der Waals surface area (Å²) >= 11 is 0. The first kappa shape index (κ1) is 15.6. The topological polar surface area (TPSA) is 64.4 Å². The minimum Gasteiger partial charge on any atom is -0.496 e. The van der Waals surface area contributed by atoms with Crippen LogP contribution in [0.1, 0.15) is 39.5 Å². The van der Waals surface area contributed by atoms with Crippen molar-refractivity contribution in [2.24, 2.45) is 11.8 Å². The molecule has 1 aromatic carbocycles. The quantitative estimate of drug-likeness (QED) is 0.651. The molecule has 0 unspecified atom stereocenters. The molecule has 1 fully saturated rings. The molecule has 0 saturated heterocycles. The van der Waals surface area contributed by atoms with Gasteiger partial charge in [0, 0.05) is 6.04 Å². The smallest absolute Gasteiger partial charge is 0.296 e. The highest BCUT2D eigenvalue weighted by Crippen LogP contribution is 2.34. The molecule has 1 aliphatic carbocycles. The Morgan fingerprint density at radius 2 is 1.95 bits per heavy atom. The van der Waals surface area contributed by atoms with Gasteiger partial charge in [-0.25, -0.2) is 0 Å². The van der Waals surface area contributed by atoms with Crippen molar-refractivity contribution in [1.82, 2.24) is 0 Å². The number of anilines is 1. The molecule has 1 aromatic rings. The number of hydrogen-bond donors (Lipinski definition) is 1. The summed E-state index contributed by atoms with van der Waals surface area (Å²) in [5.41, 5.74) is 0.675. The van der Waals surface area contributed by atoms with Gasteiger partial charge in [-0.1, -0.05) is 13.8 Å². The third-order valence-electron chi connectivity index (χ3n) is 4.48. The number of nitrogens with zero attached hydrogens (tertiary/aromatic N) is 1. The fourth-order valence-electron chi connectivity index (χ4n) is 3.06. The van der Waals surface area contributed by atoms with Crippen LogP contribution in [0.4, 0.5) is 11.4 Å². The molecule has 0 spiro atoms. The first-order chi connectivity index (χ1) is 10.0. The van der Waals surface area contributed by atoms with E-state index in [0.29, 0.717) is 17.5 Å². The van der Waals surface area contributed by atoms with Crippen molar-refractivity contribution in [2.75, 3.05) is 12.4 Å². The zero-order valence-electron chi connectivity index (χ0n) is 13.0. The Morgan fingerprint density at radius 3 is 2.48 bits per heavy atom. The van der Waals surface area contributed by atoms with Crippen LogP contribution in [0.15, 0.2) is 18.2 Å². The maximum atomic E-state index is 11.2. The third kappa shape index (κ3) is 3.86. The van der Waals surface area contributed by atoms with Crippen molar-refractivity contribution in [1.29, 1.82) is 0 Å². The van der Waals surface area contributed by atoms with E-state index in [1.165, 1.54) is 26.0 Å². The van der Waals surface area contributed by atoms with Crippen LogP contribution >= 0.6 is 0 Å². The zero-order chi connectivity index (χ0) is 15.4. The van der Waals surface area contributed by atoms with E-state index in [1.807, 2.05) is 0 Å². The zero-order valence-corrected chi connectivity index (χ0v) is 13.0. The molecule has 0 aromatic heterocycles. The second-order valence-corrected chi connectivity index (χ2v) is 6.14. The molecule has 0 amide bonds. The maximum Gasteiger partial charge on any atom is 0.296 e. The molecule has 2 rings (SSSR count). The van der Waals surface area contributed by atoms with E-state index in [2.05, 4.69) is 19.2 Å². The number of nitrogens with one attached hydrogen (secondary N) is 1. The van der Waals surface area contributed by atoms with Crippen molar-refractivity contribution < 1.29 is 9.66 Å². The molecule has 1 aliphatic rings. The summed E-state index contributed by atoms with van der Waals surface area (Å²) in [6.07, 6.45) is 4.54. The van der Waals surface area contributed by atoms with Gasteiger partial charge in [0.25, 0.3) is 5.69 Å². The third-order valence-corrected chi connectivity index (χ3v) is 4.48. The van der Waals surface area contributed by atoms with Gasteiger partial charge < -0.3 is 10.1 Å². The Bertz CT molecular complexity index is 494. The number of nitro groups is 1. The van der Waals surface area contributed by atoms with E-state index in [4.69, 9.17) is 4.74 Å². The number of nitro benzene ring substituents is 1. The van der Waals surface area contributed by atoms with Crippen LogP contribution in [0.5, 0.6) is 5.75 Å². The second-order valence-electron chi connectivity index (χ2n) is 6.14. The van der Waals surface area contributed by atoms with Crippen molar-refractivity contribution >= 4 is 11.4 Å². The summed E-state index contributed by atoms with van der Waals surface area (Å²) in [6.45, 7) is 4.54. The predicted octanol–water partition coefficient (Wildman–Crippen LogP) is 4.23. The molecule has 1 N–H and O–H groups in total. The van der Waals surface area contributed by atoms with Crippen LogP contribution in [0.3, 0.4) is 0 Å². The Balaban J connectivity index is 2.05. The normalized spacial score (nSPS) is 22.1. The van der Waals surface area contributed by atoms with Crippen molar-refractivity contribution in [3.63, 3.8) is 0 Å². The Hall–Kier alpha value is -1.78. The Morgan fingerprint density at radius 1 is 1.29 bits per heavy atom. The van der Waals surface area contributed by atoms with E-state index >= 15 is 0 Å². The van der Waals surface area contributed by atoms with Gasteiger partial charge in [-0.2, -0.15) is 0 Å². The minimum atomic E-state index is -0.357. The lowest BCUT2D eigenvalue weighted by atomic mass is 9.79. The number of methoxy groups -OCH3 is 1. The molecule has 5 heteroatoms. The van der Waals surface area contributed by atoms with Crippen molar-refractivity contribution in [2.45, 2.75) is 45.6 Å². The summed E-state index contributed by atoms with van der Waals surface area (Å²) in [7, 11) is 1.51. The van der Waals surface area contributed by atoms with E-state index < -0.39 is 0 Å². The van der Waals surface area contributed by atoms with Gasteiger partial charge in [0.2, 0.25) is 0 Å². The van der Waals surface area contributed by atoms with Crippen LogP contribution in [0.2, 0.25) is 0 Å². The molecule has 0 radical (unpaired) electrons. The van der Waals surface area contributed by atoms with Crippen LogP contribution in [0, 0.1) is 22.0 Å². The lowest BCUT2D eigenvalue weighted by Crippen LogP contribution is -2.28. The average Bonchev–Trinajstić information content (AvgIpc) is 2.48. The van der Waals surface area contributed by atoms with Crippen molar-refractivity contribution in [3.8, 4) is 5.75 Å². The highest BCUT2D eigenvalue weighted by Gasteiger charge is 2.25. The lowest BCUT2D eigenvalue weighted by molar-refractivity contribution is -0.384. The summed E-state index contributed by atoms with van der Waals surface area (Å²) in [5.74, 6) is 2.02. The standard InChI is InChI=1S/C16H24N2O3/c1-11(2)12-4-6-13(7-5-12)17-15-9-8-14(21-3)10-16(15)18(19)20/h8-13,17H,4-7H2,1-3H3. The Kier molecular flexibility index (Phi) is 5.04. The van der Waals surface area contributed by atoms with Gasteiger partial charge in [-0.15, -0.1) is 0 Å². The molecule has 1 saturated carbocycles. The molecule has 116 valence electrons. The van der Waals surface area contributed by atoms with Gasteiger partial charge in [-0.3, -0.25) is 10.1 Å². The molecule has 0 bridgehead atoms. The molecule has 5 nitrogen and oxygen atoms in total. The summed E-state index contributed by atoms with van der Waals surface area (Å²) in [5, 5.41) is 14.5. The average molecular weight is 292 g/mol. The summed E-state index contributed by atoms with van der Waals surface area (Å²) in [6, 6.07) is 5.30. The molecular formula is C16H24N2O3. The second kappa shape index (κ2) is 6.78. The SMILES string of the molecule is COc1ccc(NC2CCC(C(C)C)CC2)c([N+](=O)[O-])c1. The van der Waals surface area contributed by atoms with Gasteiger partial charge in [0.15, 0.2) is 0 Å². The molecular weight excluding hydrogens is 268 g/mol. The molecule has 0 atom stereocenters. The number of hydrogen-bond acceptors (Lipinski definition) is 4. The minimum absolute atomic E-state index is 0.0836. The van der Waals surface area contributed by atoms with Crippen LogP contribution in [-0.4, -0.2) is 18.1 Å². The predicted molar refractivity (Wildman–Crippen MR) is 83.9 cm³/mol. The van der Waals surface area contributed by atoms with Crippen molar-refractivity contribution in [3.05, 3.63) is 28.3 Å². The molecule has 21 heavy (non-hydrogen) atoms. The molecule has 0 heterocycles. The summed E-state index contributed by atoms with van der Waals surface area (Å²) < 4.78 is 5.06. The summed E-state index contributed by atoms with van der Waals surface area (Å²) in [4.78, 5) is 10.8. The van der Waals surface area contributed by atoms with E-state index in [1.54, 1.807) is 12.1 Å².